The first-order chi connectivity index (χ1) is 14.1. The fraction of sp³-hybridized carbons (Fsp3) is 0.217. The maximum Gasteiger partial charge on any atom is 0.349 e. The average molecular weight is 409 g/mol. The van der Waals surface area contributed by atoms with E-state index in [2.05, 4.69) is 29.2 Å². The molecule has 0 saturated carbocycles. The molecule has 1 aromatic heterocycles. The van der Waals surface area contributed by atoms with E-state index in [-0.39, 0.29) is 11.5 Å². The summed E-state index contributed by atoms with van der Waals surface area (Å²) in [5, 5.41) is 1.00. The molecule has 0 spiro atoms. The highest BCUT2D eigenvalue weighted by molar-refractivity contribution is 6.34. The Morgan fingerprint density at radius 1 is 1.03 bits per heavy atom. The number of rotatable bonds is 4. The van der Waals surface area contributed by atoms with Crippen molar-refractivity contribution < 1.29 is 9.21 Å². The number of benzene rings is 2. The van der Waals surface area contributed by atoms with Crippen molar-refractivity contribution in [2.24, 2.45) is 0 Å². The summed E-state index contributed by atoms with van der Waals surface area (Å²) < 4.78 is 5.30. The Balaban J connectivity index is 1.39. The maximum atomic E-state index is 12.9. The van der Waals surface area contributed by atoms with E-state index >= 15 is 0 Å². The van der Waals surface area contributed by atoms with Crippen LogP contribution in [-0.4, -0.2) is 48.4 Å². The van der Waals surface area contributed by atoms with Crippen LogP contribution in [0.4, 0.5) is 0 Å². The Hall–Kier alpha value is -2.89. The maximum absolute atomic E-state index is 12.9. The molecule has 1 aliphatic rings. The van der Waals surface area contributed by atoms with Crippen molar-refractivity contribution in [1.29, 1.82) is 0 Å². The zero-order chi connectivity index (χ0) is 20.2. The minimum atomic E-state index is -0.649. The zero-order valence-corrected chi connectivity index (χ0v) is 16.6. The number of hydrogen-bond acceptors (Lipinski definition) is 4. The second-order valence-corrected chi connectivity index (χ2v) is 7.42. The first-order valence-electron chi connectivity index (χ1n) is 9.57. The Bertz CT molecular complexity index is 1100. The molecule has 0 aliphatic carbocycles. The van der Waals surface area contributed by atoms with Crippen LogP contribution in [0.5, 0.6) is 0 Å². The van der Waals surface area contributed by atoms with Crippen LogP contribution >= 0.6 is 11.6 Å². The number of fused-ring (bicyclic) bond motifs is 1. The lowest BCUT2D eigenvalue weighted by Crippen LogP contribution is -2.49. The number of para-hydroxylation sites is 1. The van der Waals surface area contributed by atoms with Crippen LogP contribution in [0.25, 0.3) is 17.0 Å². The topological polar surface area (TPSA) is 53.8 Å². The quantitative estimate of drug-likeness (QED) is 0.614. The number of piperazine rings is 1. The Labute approximate surface area is 173 Å². The molecule has 1 aliphatic heterocycles. The molecule has 4 rings (SSSR count). The highest BCUT2D eigenvalue weighted by Gasteiger charge is 2.24. The first kappa shape index (κ1) is 19.4. The number of hydrogen-bond donors (Lipinski definition) is 0. The molecule has 148 valence electrons. The lowest BCUT2D eigenvalue weighted by Gasteiger charge is -2.34. The predicted octanol–water partition coefficient (Wildman–Crippen LogP) is 3.92. The minimum absolute atomic E-state index is 0.0530. The van der Waals surface area contributed by atoms with Crippen molar-refractivity contribution in [1.82, 2.24) is 9.80 Å². The average Bonchev–Trinajstić information content (AvgIpc) is 2.75. The van der Waals surface area contributed by atoms with Crippen molar-refractivity contribution in [3.63, 3.8) is 0 Å². The SMILES string of the molecule is O=C(c1cc2cccc(Cl)c2oc1=O)N1CCN(C/C=C/c2ccccc2)CC1. The zero-order valence-electron chi connectivity index (χ0n) is 15.9. The number of carbonyl (C=O) groups excluding carboxylic acids is 1. The fourth-order valence-electron chi connectivity index (χ4n) is 3.46. The van der Waals surface area contributed by atoms with Crippen molar-refractivity contribution >= 4 is 34.6 Å². The van der Waals surface area contributed by atoms with Gasteiger partial charge in [0.15, 0.2) is 5.58 Å². The van der Waals surface area contributed by atoms with E-state index in [0.29, 0.717) is 29.1 Å². The molecule has 2 aromatic carbocycles. The second kappa shape index (κ2) is 8.64. The van der Waals surface area contributed by atoms with Crippen molar-refractivity contribution in [3.05, 3.63) is 87.2 Å². The van der Waals surface area contributed by atoms with Crippen LogP contribution in [0.3, 0.4) is 0 Å². The summed E-state index contributed by atoms with van der Waals surface area (Å²) in [6, 6.07) is 16.9. The molecular formula is C23H21ClN2O3. The van der Waals surface area contributed by atoms with Gasteiger partial charge < -0.3 is 9.32 Å². The number of halogens is 1. The summed E-state index contributed by atoms with van der Waals surface area (Å²) in [4.78, 5) is 29.2. The molecule has 5 nitrogen and oxygen atoms in total. The van der Waals surface area contributed by atoms with Gasteiger partial charge in [-0.15, -0.1) is 0 Å². The van der Waals surface area contributed by atoms with E-state index < -0.39 is 5.63 Å². The highest BCUT2D eigenvalue weighted by atomic mass is 35.5. The largest absolute Gasteiger partial charge is 0.421 e. The van der Waals surface area contributed by atoms with Gasteiger partial charge in [-0.05, 0) is 17.7 Å². The molecule has 0 radical (unpaired) electrons. The van der Waals surface area contributed by atoms with E-state index in [1.807, 2.05) is 18.2 Å². The molecule has 1 fully saturated rings. The third kappa shape index (κ3) is 4.42. The van der Waals surface area contributed by atoms with Crippen molar-refractivity contribution in [3.8, 4) is 0 Å². The molecule has 6 heteroatoms. The van der Waals surface area contributed by atoms with Gasteiger partial charge >= 0.3 is 5.63 Å². The Morgan fingerprint density at radius 3 is 2.55 bits per heavy atom. The van der Waals surface area contributed by atoms with Crippen LogP contribution in [0.15, 0.2) is 69.9 Å². The molecule has 0 bridgehead atoms. The summed E-state index contributed by atoms with van der Waals surface area (Å²) in [5.74, 6) is -0.292. The summed E-state index contributed by atoms with van der Waals surface area (Å²) in [5.41, 5.74) is 0.885. The number of amides is 1. The smallest absolute Gasteiger partial charge is 0.349 e. The van der Waals surface area contributed by atoms with Gasteiger partial charge in [-0.2, -0.15) is 0 Å². The van der Waals surface area contributed by atoms with Gasteiger partial charge in [0.25, 0.3) is 5.91 Å². The monoisotopic (exact) mass is 408 g/mol. The molecule has 3 aromatic rings. The molecule has 29 heavy (non-hydrogen) atoms. The third-order valence-corrected chi connectivity index (χ3v) is 5.37. The van der Waals surface area contributed by atoms with Gasteiger partial charge in [-0.1, -0.05) is 66.2 Å². The summed E-state index contributed by atoms with van der Waals surface area (Å²) in [7, 11) is 0. The number of carbonyl (C=O) groups is 1. The van der Waals surface area contributed by atoms with E-state index in [1.165, 1.54) is 5.56 Å². The minimum Gasteiger partial charge on any atom is -0.421 e. The van der Waals surface area contributed by atoms with Gasteiger partial charge in [-0.25, -0.2) is 4.79 Å². The standard InChI is InChI=1S/C23H21ClN2O3/c24-20-10-4-9-18-16-19(23(28)29-21(18)20)22(27)26-14-12-25(13-15-26)11-5-8-17-6-2-1-3-7-17/h1-10,16H,11-15H2/b8-5+. The molecule has 0 N–H and O–H groups in total. The Kier molecular flexibility index (Phi) is 5.79. The van der Waals surface area contributed by atoms with E-state index in [4.69, 9.17) is 16.0 Å². The van der Waals surface area contributed by atoms with Crippen molar-refractivity contribution in [2.75, 3.05) is 32.7 Å². The molecule has 1 saturated heterocycles. The van der Waals surface area contributed by atoms with Gasteiger partial charge in [-0.3, -0.25) is 9.69 Å². The normalized spacial score (nSPS) is 15.3. The molecular weight excluding hydrogens is 388 g/mol. The van der Waals surface area contributed by atoms with E-state index in [0.717, 1.165) is 19.6 Å². The lowest BCUT2D eigenvalue weighted by molar-refractivity contribution is 0.0646. The number of nitrogens with zero attached hydrogens (tertiary/aromatic N) is 2. The summed E-state index contributed by atoms with van der Waals surface area (Å²) in [6.45, 7) is 3.49. The Morgan fingerprint density at radius 2 is 1.79 bits per heavy atom. The van der Waals surface area contributed by atoms with Crippen LogP contribution in [0.2, 0.25) is 5.02 Å². The van der Waals surface area contributed by atoms with Crippen LogP contribution < -0.4 is 5.63 Å². The molecule has 0 unspecified atom stereocenters. The molecule has 1 amide bonds. The lowest BCUT2D eigenvalue weighted by atomic mass is 10.1. The van der Waals surface area contributed by atoms with Crippen LogP contribution in [-0.2, 0) is 0 Å². The van der Waals surface area contributed by atoms with Gasteiger partial charge in [0.05, 0.1) is 5.02 Å². The van der Waals surface area contributed by atoms with Crippen LogP contribution in [0, 0.1) is 0 Å². The predicted molar refractivity (Wildman–Crippen MR) is 115 cm³/mol. The van der Waals surface area contributed by atoms with Gasteiger partial charge in [0, 0.05) is 38.1 Å². The van der Waals surface area contributed by atoms with Crippen molar-refractivity contribution in [2.45, 2.75) is 0 Å². The van der Waals surface area contributed by atoms with E-state index in [9.17, 15) is 9.59 Å². The van der Waals surface area contributed by atoms with E-state index in [1.54, 1.807) is 29.2 Å². The second-order valence-electron chi connectivity index (χ2n) is 7.01. The third-order valence-electron chi connectivity index (χ3n) is 5.08. The molecule has 0 atom stereocenters. The van der Waals surface area contributed by atoms with Gasteiger partial charge in [0.2, 0.25) is 0 Å². The van der Waals surface area contributed by atoms with Gasteiger partial charge in [0.1, 0.15) is 5.56 Å². The summed E-state index contributed by atoms with van der Waals surface area (Å²) >= 11 is 6.07. The molecule has 2 heterocycles. The fourth-order valence-corrected chi connectivity index (χ4v) is 3.68. The van der Waals surface area contributed by atoms with Crippen LogP contribution in [0.1, 0.15) is 15.9 Å². The highest BCUT2D eigenvalue weighted by Crippen LogP contribution is 2.22. The first-order valence-corrected chi connectivity index (χ1v) is 9.95. The summed E-state index contributed by atoms with van der Waals surface area (Å²) in [6.07, 6.45) is 4.23.